The van der Waals surface area contributed by atoms with E-state index in [2.05, 4.69) is 66.1 Å². The van der Waals surface area contributed by atoms with Gasteiger partial charge in [-0.2, -0.15) is 0 Å². The number of allylic oxidation sites excluding steroid dienone is 1. The number of fused-ring (bicyclic) bond motifs is 1. The highest BCUT2D eigenvalue weighted by molar-refractivity contribution is 6.01. The van der Waals surface area contributed by atoms with Gasteiger partial charge in [-0.05, 0) is 61.6 Å². The van der Waals surface area contributed by atoms with Crippen molar-refractivity contribution in [3.05, 3.63) is 101 Å². The lowest BCUT2D eigenvalue weighted by Crippen LogP contribution is -2.26. The van der Waals surface area contributed by atoms with Crippen LogP contribution in [-0.2, 0) is 4.79 Å². The highest BCUT2D eigenvalue weighted by Gasteiger charge is 2.36. The number of Topliss-reactive ketones (excluding diaryl/α,β-unsaturated/α-hetero) is 1. The van der Waals surface area contributed by atoms with Crippen molar-refractivity contribution in [3.8, 4) is 5.75 Å². The van der Waals surface area contributed by atoms with E-state index < -0.39 is 0 Å². The maximum Gasteiger partial charge on any atom is 0.163 e. The molecule has 3 aromatic rings. The van der Waals surface area contributed by atoms with Gasteiger partial charge in [0.15, 0.2) is 5.78 Å². The largest absolute Gasteiger partial charge is 0.494 e. The van der Waals surface area contributed by atoms with Crippen LogP contribution in [0.2, 0.25) is 0 Å². The molecule has 5 rings (SSSR count). The molecule has 0 saturated heterocycles. The lowest BCUT2D eigenvalue weighted by molar-refractivity contribution is -0.116. The zero-order chi connectivity index (χ0) is 22.1. The van der Waals surface area contributed by atoms with Crippen molar-refractivity contribution in [1.29, 1.82) is 0 Å². The van der Waals surface area contributed by atoms with Gasteiger partial charge in [0, 0.05) is 17.7 Å². The van der Waals surface area contributed by atoms with Crippen molar-refractivity contribution in [1.82, 2.24) is 0 Å². The molecule has 1 heterocycles. The summed E-state index contributed by atoms with van der Waals surface area (Å²) in [6, 6.07) is 24.6. The fourth-order valence-corrected chi connectivity index (χ4v) is 4.74. The predicted octanol–water partition coefficient (Wildman–Crippen LogP) is 6.37. The monoisotopic (exact) mass is 424 g/mol. The summed E-state index contributed by atoms with van der Waals surface area (Å²) in [5.41, 5.74) is 7.38. The minimum Gasteiger partial charge on any atom is -0.494 e. The summed E-state index contributed by atoms with van der Waals surface area (Å²) in [6.45, 7) is 4.70. The zero-order valence-corrected chi connectivity index (χ0v) is 18.5. The summed E-state index contributed by atoms with van der Waals surface area (Å²) in [5, 5.41) is 7.24. The van der Waals surface area contributed by atoms with Crippen molar-refractivity contribution >= 4 is 17.2 Å². The van der Waals surface area contributed by atoms with Crippen molar-refractivity contribution in [3.63, 3.8) is 0 Å². The Bertz CT molecular complexity index is 1160. The van der Waals surface area contributed by atoms with Crippen molar-refractivity contribution in [2.24, 2.45) is 0 Å². The SMILES string of the molecule is CCOc1ccc([C@H]2Nc3ccccc3NC3=C2C(=O)C[C@H](c2ccc(C)cc2)C3)cc1. The second-order valence-electron chi connectivity index (χ2n) is 8.58. The number of benzene rings is 3. The Morgan fingerprint density at radius 1 is 0.875 bits per heavy atom. The molecule has 32 heavy (non-hydrogen) atoms. The third-order valence-corrected chi connectivity index (χ3v) is 6.38. The van der Waals surface area contributed by atoms with Crippen molar-refractivity contribution in [2.45, 2.75) is 38.6 Å². The third-order valence-electron chi connectivity index (χ3n) is 6.38. The molecule has 3 aromatic carbocycles. The van der Waals surface area contributed by atoms with E-state index in [1.54, 1.807) is 0 Å². The second kappa shape index (κ2) is 8.54. The summed E-state index contributed by atoms with van der Waals surface area (Å²) in [7, 11) is 0. The van der Waals surface area contributed by atoms with Crippen LogP contribution in [0.1, 0.15) is 48.4 Å². The predicted molar refractivity (Wildman–Crippen MR) is 129 cm³/mol. The van der Waals surface area contributed by atoms with E-state index in [-0.39, 0.29) is 17.7 Å². The van der Waals surface area contributed by atoms with Gasteiger partial charge in [-0.1, -0.05) is 54.1 Å². The Morgan fingerprint density at radius 2 is 1.56 bits per heavy atom. The smallest absolute Gasteiger partial charge is 0.163 e. The molecule has 0 fully saturated rings. The van der Waals surface area contributed by atoms with Crippen molar-refractivity contribution < 1.29 is 9.53 Å². The first kappa shape index (κ1) is 20.4. The average Bonchev–Trinajstić information content (AvgIpc) is 2.97. The topological polar surface area (TPSA) is 50.4 Å². The molecular weight excluding hydrogens is 396 g/mol. The molecule has 0 amide bonds. The first-order valence-electron chi connectivity index (χ1n) is 11.3. The van der Waals surface area contributed by atoms with Crippen molar-refractivity contribution in [2.75, 3.05) is 17.2 Å². The third kappa shape index (κ3) is 3.89. The highest BCUT2D eigenvalue weighted by Crippen LogP contribution is 2.44. The molecule has 0 radical (unpaired) electrons. The van der Waals surface area contributed by atoms with Gasteiger partial charge in [-0.15, -0.1) is 0 Å². The second-order valence-corrected chi connectivity index (χ2v) is 8.58. The Kier molecular flexibility index (Phi) is 5.44. The minimum atomic E-state index is -0.205. The molecule has 1 aliphatic heterocycles. The van der Waals surface area contributed by atoms with E-state index in [1.807, 2.05) is 31.2 Å². The maximum absolute atomic E-state index is 13.6. The first-order valence-corrected chi connectivity index (χ1v) is 11.3. The summed E-state index contributed by atoms with van der Waals surface area (Å²) < 4.78 is 5.62. The molecule has 162 valence electrons. The number of rotatable bonds is 4. The molecule has 2 atom stereocenters. The molecule has 2 aliphatic rings. The number of carbonyl (C=O) groups is 1. The molecule has 1 aliphatic carbocycles. The first-order chi connectivity index (χ1) is 15.6. The lowest BCUT2D eigenvalue weighted by Gasteiger charge is -2.30. The molecule has 0 spiro atoms. The van der Waals surface area contributed by atoms with E-state index in [0.29, 0.717) is 13.0 Å². The van der Waals surface area contributed by atoms with E-state index >= 15 is 0 Å². The maximum atomic E-state index is 13.6. The normalized spacial score (nSPS) is 19.9. The molecule has 0 unspecified atom stereocenters. The van der Waals surface area contributed by atoms with Crippen LogP contribution in [-0.4, -0.2) is 12.4 Å². The van der Waals surface area contributed by atoms with Crippen LogP contribution in [0.25, 0.3) is 0 Å². The fourth-order valence-electron chi connectivity index (χ4n) is 4.74. The van der Waals surface area contributed by atoms with Crippen LogP contribution in [0.3, 0.4) is 0 Å². The number of aryl methyl sites for hydroxylation is 1. The van der Waals surface area contributed by atoms with E-state index in [4.69, 9.17) is 4.74 Å². The fraction of sp³-hybridized carbons (Fsp3) is 0.250. The average molecular weight is 425 g/mol. The van der Waals surface area contributed by atoms with E-state index in [0.717, 1.165) is 40.4 Å². The van der Waals surface area contributed by atoms with E-state index in [1.165, 1.54) is 11.1 Å². The van der Waals surface area contributed by atoms with Crippen LogP contribution in [0.5, 0.6) is 5.75 Å². The Balaban J connectivity index is 1.56. The van der Waals surface area contributed by atoms with Gasteiger partial charge in [0.1, 0.15) is 5.75 Å². The van der Waals surface area contributed by atoms with Crippen LogP contribution in [0, 0.1) is 6.92 Å². The number of ether oxygens (including phenoxy) is 1. The number of ketones is 1. The number of hydrogen-bond donors (Lipinski definition) is 2. The molecule has 2 N–H and O–H groups in total. The summed E-state index contributed by atoms with van der Waals surface area (Å²) in [6.07, 6.45) is 1.34. The highest BCUT2D eigenvalue weighted by atomic mass is 16.5. The summed E-state index contributed by atoms with van der Waals surface area (Å²) in [5.74, 6) is 1.22. The Labute approximate surface area is 189 Å². The molecular formula is C28H28N2O2. The summed E-state index contributed by atoms with van der Waals surface area (Å²) >= 11 is 0. The molecule has 4 nitrogen and oxygen atoms in total. The van der Waals surface area contributed by atoms with E-state index in [9.17, 15) is 4.79 Å². The van der Waals surface area contributed by atoms with Gasteiger partial charge in [-0.25, -0.2) is 0 Å². The quantitative estimate of drug-likeness (QED) is 0.511. The molecule has 0 bridgehead atoms. The van der Waals surface area contributed by atoms with Crippen LogP contribution >= 0.6 is 0 Å². The van der Waals surface area contributed by atoms with Gasteiger partial charge in [0.2, 0.25) is 0 Å². The van der Waals surface area contributed by atoms with Crippen LogP contribution in [0.4, 0.5) is 11.4 Å². The van der Waals surface area contributed by atoms with Gasteiger partial charge in [0.05, 0.1) is 24.0 Å². The number of para-hydroxylation sites is 2. The van der Waals surface area contributed by atoms with Gasteiger partial charge >= 0.3 is 0 Å². The van der Waals surface area contributed by atoms with Gasteiger partial charge < -0.3 is 15.4 Å². The Hall–Kier alpha value is -3.53. The molecule has 0 saturated carbocycles. The van der Waals surface area contributed by atoms with Gasteiger partial charge in [0.25, 0.3) is 0 Å². The summed E-state index contributed by atoms with van der Waals surface area (Å²) in [4.78, 5) is 13.6. The van der Waals surface area contributed by atoms with Crippen LogP contribution in [0.15, 0.2) is 84.1 Å². The number of carbonyl (C=O) groups excluding carboxylic acids is 1. The van der Waals surface area contributed by atoms with Crippen LogP contribution < -0.4 is 15.4 Å². The standard InChI is InChI=1S/C28H28N2O2/c1-3-32-22-14-12-20(13-15-22)28-27-25(29-23-6-4-5-7-24(23)30-28)16-21(17-26(27)31)19-10-8-18(2)9-11-19/h4-15,21,28-30H,3,16-17H2,1-2H3/t21-,28-/m1/s1. The number of hydrogen-bond acceptors (Lipinski definition) is 4. The molecule has 4 heteroatoms. The lowest BCUT2D eigenvalue weighted by atomic mass is 9.78. The zero-order valence-electron chi connectivity index (χ0n) is 18.5. The Morgan fingerprint density at radius 3 is 2.28 bits per heavy atom. The number of anilines is 2. The minimum absolute atomic E-state index is 0.181. The number of nitrogens with one attached hydrogen (secondary N) is 2. The van der Waals surface area contributed by atoms with Gasteiger partial charge in [-0.3, -0.25) is 4.79 Å². The molecule has 0 aromatic heterocycles.